The molecule has 0 saturated heterocycles. The number of benzene rings is 4. The summed E-state index contributed by atoms with van der Waals surface area (Å²) in [5, 5.41) is 13.4. The van der Waals surface area contributed by atoms with E-state index in [1.165, 1.54) is 44.5 Å². The van der Waals surface area contributed by atoms with Gasteiger partial charge >= 0.3 is 39.9 Å². The molecule has 2 atom stereocenters. The SMILES string of the molecule is CC1C(c2ccccc2)=[C-]c2ccccc21.CC1C(c2ccccc2)=[C-]c2ccccc21.C[SiH](C)[NH-].C[SiH](C)[NH-].[Gd+2]. The first-order chi connectivity index (χ1) is 19.2. The van der Waals surface area contributed by atoms with E-state index in [9.17, 15) is 0 Å². The molecule has 0 saturated carbocycles. The first-order valence-electron chi connectivity index (χ1n) is 14.2. The summed E-state index contributed by atoms with van der Waals surface area (Å²) >= 11 is 0. The van der Waals surface area contributed by atoms with Crippen molar-refractivity contribution in [3.63, 3.8) is 0 Å². The Labute approximate surface area is 284 Å². The minimum atomic E-state index is -0.889. The zero-order valence-corrected chi connectivity index (χ0v) is 29.6. The Morgan fingerprint density at radius 2 is 0.756 bits per heavy atom. The molecule has 41 heavy (non-hydrogen) atoms. The fraction of sp³-hybridized carbons (Fsp3) is 0.222. The largest absolute Gasteiger partial charge is 2.00 e. The molecule has 0 radical (unpaired) electrons. The van der Waals surface area contributed by atoms with Gasteiger partial charge in [-0.15, -0.1) is 82.0 Å². The van der Waals surface area contributed by atoms with E-state index in [1.54, 1.807) is 0 Å². The van der Waals surface area contributed by atoms with Crippen LogP contribution in [0.2, 0.25) is 26.2 Å². The second kappa shape index (κ2) is 17.9. The van der Waals surface area contributed by atoms with Crippen molar-refractivity contribution in [1.82, 2.24) is 0 Å². The number of hydrogen-bond donors (Lipinski definition) is 0. The predicted octanol–water partition coefficient (Wildman–Crippen LogP) is 10.1. The maximum atomic E-state index is 6.72. The van der Waals surface area contributed by atoms with Crippen molar-refractivity contribution in [3.8, 4) is 0 Å². The quantitative estimate of drug-likeness (QED) is 0.147. The van der Waals surface area contributed by atoms with E-state index < -0.39 is 17.9 Å². The van der Waals surface area contributed by atoms with Crippen LogP contribution in [0.3, 0.4) is 0 Å². The van der Waals surface area contributed by atoms with Crippen LogP contribution in [0.1, 0.15) is 59.1 Å². The van der Waals surface area contributed by atoms with Crippen molar-refractivity contribution >= 4 is 29.1 Å². The minimum Gasteiger partial charge on any atom is -0.682 e. The Morgan fingerprint density at radius 1 is 0.488 bits per heavy atom. The maximum Gasteiger partial charge on any atom is 2.00 e. The molecule has 0 aliphatic heterocycles. The third-order valence-corrected chi connectivity index (χ3v) is 6.43. The summed E-state index contributed by atoms with van der Waals surface area (Å²) < 4.78 is 0. The summed E-state index contributed by atoms with van der Waals surface area (Å²) in [7, 11) is -1.78. The zero-order chi connectivity index (χ0) is 29.1. The van der Waals surface area contributed by atoms with Gasteiger partial charge in [0.2, 0.25) is 0 Å². The number of fused-ring (bicyclic) bond motifs is 2. The van der Waals surface area contributed by atoms with Crippen molar-refractivity contribution in [2.24, 2.45) is 0 Å². The normalized spacial score (nSPS) is 15.9. The molecule has 0 spiro atoms. The van der Waals surface area contributed by atoms with Gasteiger partial charge in [0.05, 0.1) is 0 Å². The molecule has 0 fully saturated rings. The van der Waals surface area contributed by atoms with Gasteiger partial charge in [0.15, 0.2) is 0 Å². The van der Waals surface area contributed by atoms with Crippen LogP contribution in [-0.4, -0.2) is 17.9 Å². The van der Waals surface area contributed by atoms with Crippen LogP contribution in [0.25, 0.3) is 21.9 Å². The van der Waals surface area contributed by atoms with Crippen LogP contribution in [0.4, 0.5) is 0 Å². The average Bonchev–Trinajstić information content (AvgIpc) is 3.46. The Kier molecular flexibility index (Phi) is 15.4. The van der Waals surface area contributed by atoms with E-state index in [4.69, 9.17) is 10.8 Å². The average molecular weight is 716 g/mol. The molecule has 5 heteroatoms. The Bertz CT molecular complexity index is 1290. The molecule has 4 aromatic carbocycles. The molecule has 2 N–H and O–H groups in total. The van der Waals surface area contributed by atoms with E-state index in [0.717, 1.165) is 0 Å². The van der Waals surface area contributed by atoms with Crippen molar-refractivity contribution in [2.75, 3.05) is 0 Å². The molecule has 2 unspecified atom stereocenters. The fourth-order valence-electron chi connectivity index (χ4n) is 4.67. The van der Waals surface area contributed by atoms with Crippen molar-refractivity contribution in [1.29, 1.82) is 0 Å². The van der Waals surface area contributed by atoms with E-state index in [0.29, 0.717) is 11.8 Å². The van der Waals surface area contributed by atoms with Crippen LogP contribution >= 0.6 is 0 Å². The second-order valence-corrected chi connectivity index (χ2v) is 15.4. The van der Waals surface area contributed by atoms with Gasteiger partial charge in [0.1, 0.15) is 0 Å². The number of allylic oxidation sites excluding steroid dienone is 2. The third kappa shape index (κ3) is 10.7. The van der Waals surface area contributed by atoms with Gasteiger partial charge in [-0.2, -0.15) is 0 Å². The molecule has 2 nitrogen and oxygen atoms in total. The molecule has 2 aliphatic carbocycles. The Balaban J connectivity index is 0.000000224. The smallest absolute Gasteiger partial charge is 0.682 e. The summed E-state index contributed by atoms with van der Waals surface area (Å²) in [4.78, 5) is 0. The summed E-state index contributed by atoms with van der Waals surface area (Å²) in [5.41, 5.74) is 10.5. The van der Waals surface area contributed by atoms with Gasteiger partial charge in [0.25, 0.3) is 0 Å². The number of rotatable bonds is 2. The molecule has 0 amide bonds. The van der Waals surface area contributed by atoms with E-state index >= 15 is 0 Å². The van der Waals surface area contributed by atoms with Crippen molar-refractivity contribution < 1.29 is 39.9 Å². The van der Waals surface area contributed by atoms with Gasteiger partial charge in [-0.25, -0.2) is 0 Å². The van der Waals surface area contributed by atoms with Crippen LogP contribution < -0.4 is 0 Å². The van der Waals surface area contributed by atoms with Gasteiger partial charge in [-0.3, -0.25) is 0 Å². The predicted molar refractivity (Wildman–Crippen MR) is 180 cm³/mol. The first kappa shape index (κ1) is 35.2. The van der Waals surface area contributed by atoms with Gasteiger partial charge < -0.3 is 10.8 Å². The van der Waals surface area contributed by atoms with E-state index in [1.807, 2.05) is 26.2 Å². The van der Waals surface area contributed by atoms with Crippen molar-refractivity contribution in [2.45, 2.75) is 51.9 Å². The fourth-order valence-corrected chi connectivity index (χ4v) is 4.67. The van der Waals surface area contributed by atoms with Gasteiger partial charge in [-0.05, 0) is 11.8 Å². The first-order valence-corrected chi connectivity index (χ1v) is 19.9. The van der Waals surface area contributed by atoms with Crippen molar-refractivity contribution in [3.05, 3.63) is 166 Å². The second-order valence-electron chi connectivity index (χ2n) is 10.7. The summed E-state index contributed by atoms with van der Waals surface area (Å²) in [6.45, 7) is 12.4. The molecule has 0 aromatic heterocycles. The van der Waals surface area contributed by atoms with Crippen LogP contribution in [0, 0.1) is 52.1 Å². The van der Waals surface area contributed by atoms with Crippen LogP contribution in [-0.2, 0) is 0 Å². The molecule has 6 rings (SSSR count). The molecule has 2 aliphatic rings. The minimum absolute atomic E-state index is 0. The number of hydrogen-bond acceptors (Lipinski definition) is 0. The van der Waals surface area contributed by atoms with E-state index in [2.05, 4.69) is 135 Å². The topological polar surface area (TPSA) is 47.6 Å². The molecular weight excluding hydrogens is 674 g/mol. The number of nitrogens with one attached hydrogen (secondary N) is 2. The summed E-state index contributed by atoms with van der Waals surface area (Å²) in [5.74, 6) is 0.914. The third-order valence-electron chi connectivity index (χ3n) is 6.43. The van der Waals surface area contributed by atoms with Crippen LogP contribution in [0.15, 0.2) is 109 Å². The monoisotopic (exact) mass is 716 g/mol. The molecule has 0 bridgehead atoms. The standard InChI is InChI=1S/2C16H13.2C2H8NSi.Gd/c2*1-12-15-10-6-5-9-14(15)11-16(12)13-7-3-2-4-8-13;2*1-4(2)3;/h2*2-10,12H,1H3;2*3-4H,1-2H3;/q4*-1;+2. The Hall–Kier alpha value is -1.96. The van der Waals surface area contributed by atoms with Gasteiger partial charge in [-0.1, -0.05) is 142 Å². The van der Waals surface area contributed by atoms with Gasteiger partial charge in [0, 0.05) is 0 Å². The summed E-state index contributed by atoms with van der Waals surface area (Å²) in [6.07, 6.45) is 7.03. The molecular formula is C36H42GdN2Si2-2. The maximum absolute atomic E-state index is 6.72. The molecule has 0 heterocycles. The molecule has 4 aromatic rings. The molecule has 214 valence electrons. The van der Waals surface area contributed by atoms with Crippen LogP contribution in [0.5, 0.6) is 0 Å². The van der Waals surface area contributed by atoms with E-state index in [-0.39, 0.29) is 39.9 Å². The zero-order valence-electron chi connectivity index (χ0n) is 25.1. The summed E-state index contributed by atoms with van der Waals surface area (Å²) in [6, 6.07) is 38.1. The Morgan fingerprint density at radius 3 is 1.05 bits per heavy atom.